The van der Waals surface area contributed by atoms with Gasteiger partial charge in [0.1, 0.15) is 17.5 Å². The van der Waals surface area contributed by atoms with Gasteiger partial charge in [-0.3, -0.25) is 0 Å². The molecular formula is C29H34N6. The Balaban J connectivity index is 0.00000167. The molecule has 1 atom stereocenters. The smallest absolute Gasteiger partial charge is 0.222 e. The van der Waals surface area contributed by atoms with Crippen LogP contribution in [0.2, 0.25) is 0 Å². The first kappa shape index (κ1) is 25.5. The van der Waals surface area contributed by atoms with Crippen molar-refractivity contribution in [1.29, 1.82) is 5.26 Å². The van der Waals surface area contributed by atoms with Gasteiger partial charge < -0.3 is 16.0 Å². The Bertz CT molecular complexity index is 1250. The summed E-state index contributed by atoms with van der Waals surface area (Å²) in [6.45, 7) is 10.4. The van der Waals surface area contributed by atoms with Crippen LogP contribution in [0.5, 0.6) is 0 Å². The van der Waals surface area contributed by atoms with E-state index >= 15 is 0 Å². The highest BCUT2D eigenvalue weighted by molar-refractivity contribution is 5.93. The molecular weight excluding hydrogens is 432 g/mol. The zero-order valence-corrected chi connectivity index (χ0v) is 21.2. The first-order chi connectivity index (χ1) is 17.1. The molecule has 1 aliphatic rings. The topological polar surface area (TPSA) is 90.9 Å². The summed E-state index contributed by atoms with van der Waals surface area (Å²) < 4.78 is 0. The number of aromatic nitrogens is 2. The molecule has 180 valence electrons. The van der Waals surface area contributed by atoms with Crippen LogP contribution in [0.15, 0.2) is 66.5 Å². The van der Waals surface area contributed by atoms with Gasteiger partial charge in [-0.15, -0.1) is 0 Å². The third kappa shape index (κ3) is 5.36. The minimum Gasteiger partial charge on any atom is -0.368 e. The minimum atomic E-state index is -0.162. The molecule has 0 spiro atoms. The molecule has 2 heterocycles. The minimum absolute atomic E-state index is 0.130. The fourth-order valence-electron chi connectivity index (χ4n) is 4.26. The van der Waals surface area contributed by atoms with E-state index in [1.54, 1.807) is 0 Å². The summed E-state index contributed by atoms with van der Waals surface area (Å²) in [6.07, 6.45) is 7.82. The highest BCUT2D eigenvalue weighted by Crippen LogP contribution is 2.41. The summed E-state index contributed by atoms with van der Waals surface area (Å²) in [5.74, 6) is 0.561. The maximum absolute atomic E-state index is 9.52. The van der Waals surface area contributed by atoms with Crippen LogP contribution in [0.4, 0.5) is 17.5 Å². The molecule has 0 fully saturated rings. The van der Waals surface area contributed by atoms with Crippen LogP contribution in [0.25, 0.3) is 11.8 Å². The van der Waals surface area contributed by atoms with E-state index in [4.69, 9.17) is 5.73 Å². The quantitative estimate of drug-likeness (QED) is 0.423. The highest BCUT2D eigenvalue weighted by atomic mass is 15.2. The highest BCUT2D eigenvalue weighted by Gasteiger charge is 2.29. The number of nitrogens with zero attached hydrogens (tertiary/aromatic N) is 4. The van der Waals surface area contributed by atoms with Crippen LogP contribution in [0.3, 0.4) is 0 Å². The number of nitrogens with one attached hydrogen (secondary N) is 1. The average Bonchev–Trinajstić information content (AvgIpc) is 2.90. The average molecular weight is 467 g/mol. The lowest BCUT2D eigenvalue weighted by molar-refractivity contribution is 0.877. The van der Waals surface area contributed by atoms with Crippen molar-refractivity contribution in [2.75, 3.05) is 16.0 Å². The van der Waals surface area contributed by atoms with Gasteiger partial charge in [0.05, 0.1) is 17.9 Å². The summed E-state index contributed by atoms with van der Waals surface area (Å²) in [6, 6.07) is 18.8. The molecule has 4 rings (SSSR count). The number of nitriles is 1. The lowest BCUT2D eigenvalue weighted by atomic mass is 9.89. The Morgan fingerprint density at radius 2 is 1.86 bits per heavy atom. The van der Waals surface area contributed by atoms with Gasteiger partial charge in [-0.05, 0) is 49.1 Å². The van der Waals surface area contributed by atoms with E-state index in [0.29, 0.717) is 11.4 Å². The number of nitrogens with two attached hydrogens (primary N) is 1. The van der Waals surface area contributed by atoms with Gasteiger partial charge in [0, 0.05) is 16.9 Å². The molecule has 0 unspecified atom stereocenters. The van der Waals surface area contributed by atoms with Crippen molar-refractivity contribution in [3.63, 3.8) is 0 Å². The van der Waals surface area contributed by atoms with E-state index < -0.39 is 0 Å². The lowest BCUT2D eigenvalue weighted by Gasteiger charge is -2.38. The molecule has 1 aromatic heterocycles. The Kier molecular flexibility index (Phi) is 8.63. The largest absolute Gasteiger partial charge is 0.368 e. The Morgan fingerprint density at radius 1 is 1.11 bits per heavy atom. The zero-order chi connectivity index (χ0) is 25.4. The van der Waals surface area contributed by atoms with Crippen LogP contribution in [0.1, 0.15) is 63.3 Å². The van der Waals surface area contributed by atoms with Gasteiger partial charge in [-0.2, -0.15) is 10.2 Å². The van der Waals surface area contributed by atoms with Gasteiger partial charge >= 0.3 is 0 Å². The normalized spacial score (nSPS) is 14.2. The molecule has 3 aromatic rings. The Morgan fingerprint density at radius 3 is 2.51 bits per heavy atom. The maximum Gasteiger partial charge on any atom is 0.222 e. The second-order valence-corrected chi connectivity index (χ2v) is 7.94. The molecule has 0 saturated carbocycles. The third-order valence-corrected chi connectivity index (χ3v) is 5.76. The second-order valence-electron chi connectivity index (χ2n) is 7.94. The number of hydrogen-bond donors (Lipinski definition) is 2. The van der Waals surface area contributed by atoms with E-state index in [0.717, 1.165) is 24.2 Å². The van der Waals surface area contributed by atoms with Crippen LogP contribution in [-0.4, -0.2) is 16.0 Å². The van der Waals surface area contributed by atoms with Crippen molar-refractivity contribution in [3.8, 4) is 6.07 Å². The number of aryl methyl sites for hydroxylation is 1. The molecule has 35 heavy (non-hydrogen) atoms. The standard InChI is InChI=1S/C27H28N6.C2H6/c1-4-10-23-25-19(5-2)11-9-12-20(25)15-24(33(23)22-13-7-6-8-14-22)18(3)31-26-21(16-28)17-30-27(29)32-26;1-2/h6-15,17-18H,4-5H2,1-3H3,(H3,29,30,31,32);1-2H3/t18-;/m0./s1. The molecule has 2 aromatic carbocycles. The zero-order valence-electron chi connectivity index (χ0n) is 21.2. The predicted octanol–water partition coefficient (Wildman–Crippen LogP) is 6.63. The third-order valence-electron chi connectivity index (χ3n) is 5.76. The molecule has 0 bridgehead atoms. The van der Waals surface area contributed by atoms with Gasteiger partial charge in [0.2, 0.25) is 5.95 Å². The fraction of sp³-hybridized carbons (Fsp3) is 0.276. The van der Waals surface area contributed by atoms with Gasteiger partial charge in [0.25, 0.3) is 0 Å². The number of para-hydroxylation sites is 1. The summed E-state index contributed by atoms with van der Waals surface area (Å²) in [7, 11) is 0. The van der Waals surface area contributed by atoms with Gasteiger partial charge in [-0.1, -0.05) is 70.2 Å². The number of fused-ring (bicyclic) bond motifs is 1. The van der Waals surface area contributed by atoms with E-state index in [9.17, 15) is 5.26 Å². The van der Waals surface area contributed by atoms with Crippen molar-refractivity contribution >= 4 is 29.2 Å². The van der Waals surface area contributed by atoms with Gasteiger partial charge in [-0.25, -0.2) is 4.98 Å². The van der Waals surface area contributed by atoms with E-state index in [2.05, 4.69) is 102 Å². The Labute approximate surface area is 208 Å². The molecule has 1 aliphatic heterocycles. The second kappa shape index (κ2) is 11.8. The van der Waals surface area contributed by atoms with Crippen molar-refractivity contribution in [2.45, 2.75) is 53.5 Å². The fourth-order valence-corrected chi connectivity index (χ4v) is 4.26. The van der Waals surface area contributed by atoms with E-state index in [1.807, 2.05) is 19.9 Å². The summed E-state index contributed by atoms with van der Waals surface area (Å²) >= 11 is 0. The number of rotatable bonds is 6. The van der Waals surface area contributed by atoms with Crippen molar-refractivity contribution in [1.82, 2.24) is 9.97 Å². The molecule has 3 N–H and O–H groups in total. The van der Waals surface area contributed by atoms with Crippen LogP contribution >= 0.6 is 0 Å². The van der Waals surface area contributed by atoms with Crippen molar-refractivity contribution in [2.24, 2.45) is 0 Å². The number of benzene rings is 2. The van der Waals surface area contributed by atoms with E-state index in [-0.39, 0.29) is 12.0 Å². The molecule has 0 saturated heterocycles. The number of allylic oxidation sites excluding steroid dienone is 1. The SMILES string of the molecule is CC.CCC=C1c2c(cccc2CC)C=C([C@H](C)Nc2nc(N)ncc2C#N)N1c1ccccc1. The number of hydrogen-bond acceptors (Lipinski definition) is 6. The molecule has 6 nitrogen and oxygen atoms in total. The first-order valence-electron chi connectivity index (χ1n) is 12.3. The van der Waals surface area contributed by atoms with Crippen LogP contribution < -0.4 is 16.0 Å². The lowest BCUT2D eigenvalue weighted by Crippen LogP contribution is -2.34. The molecule has 0 aliphatic carbocycles. The first-order valence-corrected chi connectivity index (χ1v) is 12.3. The van der Waals surface area contributed by atoms with Crippen LogP contribution in [-0.2, 0) is 6.42 Å². The van der Waals surface area contributed by atoms with Crippen molar-refractivity contribution < 1.29 is 0 Å². The summed E-state index contributed by atoms with van der Waals surface area (Å²) in [5.41, 5.74) is 13.2. The summed E-state index contributed by atoms with van der Waals surface area (Å²) in [5, 5.41) is 12.9. The Hall–Kier alpha value is -4.11. The van der Waals surface area contributed by atoms with Crippen LogP contribution in [0, 0.1) is 11.3 Å². The monoisotopic (exact) mass is 466 g/mol. The maximum atomic E-state index is 9.52. The number of nitrogen functional groups attached to an aromatic ring is 1. The van der Waals surface area contributed by atoms with Crippen molar-refractivity contribution in [3.05, 3.63) is 88.8 Å². The molecule has 0 radical (unpaired) electrons. The molecule has 0 amide bonds. The number of anilines is 3. The molecule has 6 heteroatoms. The summed E-state index contributed by atoms with van der Waals surface area (Å²) in [4.78, 5) is 10.5. The van der Waals surface area contributed by atoms with Gasteiger partial charge in [0.15, 0.2) is 0 Å². The predicted molar refractivity (Wildman–Crippen MR) is 147 cm³/mol. The van der Waals surface area contributed by atoms with E-state index in [1.165, 1.54) is 28.6 Å².